The normalized spacial score (nSPS) is 10.6. The Morgan fingerprint density at radius 3 is 2.56 bits per heavy atom. The number of carbonyl (C=O) groups is 1. The molecule has 18 heavy (non-hydrogen) atoms. The summed E-state index contributed by atoms with van der Waals surface area (Å²) in [7, 11) is 0. The highest BCUT2D eigenvalue weighted by molar-refractivity contribution is 5.94. The van der Waals surface area contributed by atoms with Gasteiger partial charge in [-0.25, -0.2) is 0 Å². The molecule has 1 aromatic carbocycles. The van der Waals surface area contributed by atoms with Crippen molar-refractivity contribution in [3.8, 4) is 0 Å². The highest BCUT2D eigenvalue weighted by Gasteiger charge is 2.11. The van der Waals surface area contributed by atoms with Crippen molar-refractivity contribution in [2.24, 2.45) is 0 Å². The maximum absolute atomic E-state index is 11.8. The van der Waals surface area contributed by atoms with E-state index in [1.54, 1.807) is 24.3 Å². The van der Waals surface area contributed by atoms with Gasteiger partial charge in [-0.15, -0.1) is 0 Å². The molecule has 1 amide bonds. The fourth-order valence-corrected chi connectivity index (χ4v) is 1.50. The zero-order valence-corrected chi connectivity index (χ0v) is 10.8. The lowest BCUT2D eigenvalue weighted by atomic mass is 10.2. The third kappa shape index (κ3) is 4.73. The lowest BCUT2D eigenvalue weighted by Crippen LogP contribution is -2.35. The van der Waals surface area contributed by atoms with Gasteiger partial charge >= 0.3 is 0 Å². The van der Waals surface area contributed by atoms with E-state index >= 15 is 0 Å². The minimum absolute atomic E-state index is 0.188. The zero-order valence-electron chi connectivity index (χ0n) is 10.8. The third-order valence-corrected chi connectivity index (χ3v) is 2.28. The Hall–Kier alpha value is -1.59. The van der Waals surface area contributed by atoms with Crippen LogP contribution in [-0.2, 0) is 9.47 Å². The van der Waals surface area contributed by atoms with E-state index in [9.17, 15) is 4.79 Å². The minimum Gasteiger partial charge on any atom is -0.399 e. The van der Waals surface area contributed by atoms with Crippen LogP contribution in [0.5, 0.6) is 0 Å². The first kappa shape index (κ1) is 14.5. The van der Waals surface area contributed by atoms with Crippen LogP contribution in [0.3, 0.4) is 0 Å². The molecule has 5 nitrogen and oxygen atoms in total. The predicted molar refractivity (Wildman–Crippen MR) is 70.2 cm³/mol. The van der Waals surface area contributed by atoms with Crippen LogP contribution in [0.4, 0.5) is 5.69 Å². The van der Waals surface area contributed by atoms with E-state index in [1.807, 2.05) is 13.8 Å². The van der Waals surface area contributed by atoms with Gasteiger partial charge in [0.15, 0.2) is 6.29 Å². The number of benzene rings is 1. The molecule has 1 rings (SSSR count). The Morgan fingerprint density at radius 2 is 2.00 bits per heavy atom. The Balaban J connectivity index is 2.49. The number of carbonyl (C=O) groups excluding carboxylic acids is 1. The van der Waals surface area contributed by atoms with Gasteiger partial charge in [-0.05, 0) is 32.0 Å². The number of nitrogens with two attached hydrogens (primary N) is 1. The van der Waals surface area contributed by atoms with Gasteiger partial charge in [0.2, 0.25) is 0 Å². The molecule has 100 valence electrons. The molecule has 0 fully saturated rings. The van der Waals surface area contributed by atoms with E-state index in [0.717, 1.165) is 0 Å². The number of hydrogen-bond donors (Lipinski definition) is 2. The SMILES string of the molecule is CCOC(CNC(=O)c1cccc(N)c1)OCC. The summed E-state index contributed by atoms with van der Waals surface area (Å²) in [5, 5.41) is 2.75. The van der Waals surface area contributed by atoms with E-state index in [4.69, 9.17) is 15.2 Å². The van der Waals surface area contributed by atoms with E-state index in [0.29, 0.717) is 31.0 Å². The van der Waals surface area contributed by atoms with Crippen molar-refractivity contribution in [3.63, 3.8) is 0 Å². The summed E-state index contributed by atoms with van der Waals surface area (Å²) in [5.41, 5.74) is 6.71. The molecule has 0 saturated carbocycles. The average molecular weight is 252 g/mol. The fourth-order valence-electron chi connectivity index (χ4n) is 1.50. The Bertz CT molecular complexity index is 376. The van der Waals surface area contributed by atoms with Gasteiger partial charge in [0.25, 0.3) is 5.91 Å². The number of anilines is 1. The molecule has 1 aromatic rings. The van der Waals surface area contributed by atoms with Gasteiger partial charge in [0.1, 0.15) is 0 Å². The van der Waals surface area contributed by atoms with Gasteiger partial charge in [-0.3, -0.25) is 4.79 Å². The molecular formula is C13H20N2O3. The molecule has 0 unspecified atom stereocenters. The summed E-state index contributed by atoms with van der Waals surface area (Å²) in [5.74, 6) is -0.188. The van der Waals surface area contributed by atoms with Crippen LogP contribution in [0, 0.1) is 0 Å². The van der Waals surface area contributed by atoms with Crippen molar-refractivity contribution in [1.82, 2.24) is 5.32 Å². The lowest BCUT2D eigenvalue weighted by molar-refractivity contribution is -0.131. The lowest BCUT2D eigenvalue weighted by Gasteiger charge is -2.17. The summed E-state index contributed by atoms with van der Waals surface area (Å²) >= 11 is 0. The van der Waals surface area contributed by atoms with E-state index in [-0.39, 0.29) is 5.91 Å². The molecule has 0 aliphatic carbocycles. The number of ether oxygens (including phenoxy) is 2. The first-order valence-corrected chi connectivity index (χ1v) is 6.04. The zero-order chi connectivity index (χ0) is 13.4. The van der Waals surface area contributed by atoms with Crippen LogP contribution in [0.25, 0.3) is 0 Å². The molecule has 5 heteroatoms. The van der Waals surface area contributed by atoms with Crippen LogP contribution in [0.2, 0.25) is 0 Å². The number of hydrogen-bond acceptors (Lipinski definition) is 4. The number of amides is 1. The highest BCUT2D eigenvalue weighted by Crippen LogP contribution is 2.06. The van der Waals surface area contributed by atoms with Crippen molar-refractivity contribution >= 4 is 11.6 Å². The van der Waals surface area contributed by atoms with Crippen molar-refractivity contribution < 1.29 is 14.3 Å². The summed E-state index contributed by atoms with van der Waals surface area (Å²) in [6, 6.07) is 6.82. The van der Waals surface area contributed by atoms with Crippen LogP contribution in [0.15, 0.2) is 24.3 Å². The second-order valence-corrected chi connectivity index (χ2v) is 3.68. The Morgan fingerprint density at radius 1 is 1.33 bits per heavy atom. The Labute approximate surface area is 107 Å². The molecule has 0 heterocycles. The van der Waals surface area contributed by atoms with Gasteiger partial charge in [-0.2, -0.15) is 0 Å². The molecule has 0 spiro atoms. The number of rotatable bonds is 7. The van der Waals surface area contributed by atoms with Gasteiger partial charge < -0.3 is 20.5 Å². The van der Waals surface area contributed by atoms with Gasteiger partial charge in [0.05, 0.1) is 6.54 Å². The molecular weight excluding hydrogens is 232 g/mol. The third-order valence-electron chi connectivity index (χ3n) is 2.28. The molecule has 3 N–H and O–H groups in total. The molecule has 0 bridgehead atoms. The molecule has 0 aromatic heterocycles. The number of nitrogen functional groups attached to an aromatic ring is 1. The van der Waals surface area contributed by atoms with Gasteiger partial charge in [-0.1, -0.05) is 6.07 Å². The quantitative estimate of drug-likeness (QED) is 0.568. The summed E-state index contributed by atoms with van der Waals surface area (Å²) < 4.78 is 10.7. The largest absolute Gasteiger partial charge is 0.399 e. The Kier molecular flexibility index (Phi) is 6.18. The molecule has 0 aliphatic rings. The van der Waals surface area contributed by atoms with Crippen molar-refractivity contribution in [2.45, 2.75) is 20.1 Å². The van der Waals surface area contributed by atoms with Crippen LogP contribution in [-0.4, -0.2) is 32.0 Å². The summed E-state index contributed by atoms with van der Waals surface area (Å²) in [6.07, 6.45) is -0.412. The highest BCUT2D eigenvalue weighted by atomic mass is 16.7. The van der Waals surface area contributed by atoms with Crippen LogP contribution >= 0.6 is 0 Å². The van der Waals surface area contributed by atoms with Crippen LogP contribution in [0.1, 0.15) is 24.2 Å². The summed E-state index contributed by atoms with van der Waals surface area (Å²) in [6.45, 7) is 5.16. The monoisotopic (exact) mass is 252 g/mol. The molecule has 0 saturated heterocycles. The smallest absolute Gasteiger partial charge is 0.251 e. The van der Waals surface area contributed by atoms with Crippen LogP contribution < -0.4 is 11.1 Å². The second kappa shape index (κ2) is 7.68. The topological polar surface area (TPSA) is 73.6 Å². The standard InChI is InChI=1S/C13H20N2O3/c1-3-17-12(18-4-2)9-15-13(16)10-6-5-7-11(14)8-10/h5-8,12H,3-4,9,14H2,1-2H3,(H,15,16). The van der Waals surface area contributed by atoms with Gasteiger partial charge in [0, 0.05) is 24.5 Å². The minimum atomic E-state index is -0.412. The van der Waals surface area contributed by atoms with Crippen molar-refractivity contribution in [2.75, 3.05) is 25.5 Å². The average Bonchev–Trinajstić information content (AvgIpc) is 2.36. The fraction of sp³-hybridized carbons (Fsp3) is 0.462. The predicted octanol–water partition coefficient (Wildman–Crippen LogP) is 1.40. The maximum Gasteiger partial charge on any atom is 0.251 e. The van der Waals surface area contributed by atoms with Crippen molar-refractivity contribution in [3.05, 3.63) is 29.8 Å². The maximum atomic E-state index is 11.8. The molecule has 0 aliphatic heterocycles. The first-order valence-electron chi connectivity index (χ1n) is 6.04. The van der Waals surface area contributed by atoms with Crippen molar-refractivity contribution in [1.29, 1.82) is 0 Å². The number of nitrogens with one attached hydrogen (secondary N) is 1. The van der Waals surface area contributed by atoms with E-state index in [1.165, 1.54) is 0 Å². The summed E-state index contributed by atoms with van der Waals surface area (Å²) in [4.78, 5) is 11.8. The van der Waals surface area contributed by atoms with E-state index in [2.05, 4.69) is 5.32 Å². The first-order chi connectivity index (χ1) is 8.67. The van der Waals surface area contributed by atoms with E-state index < -0.39 is 6.29 Å². The molecule has 0 atom stereocenters. The molecule has 0 radical (unpaired) electrons. The second-order valence-electron chi connectivity index (χ2n) is 3.68.